The molecule has 3 rings (SSSR count). The molecular formula is C26H32N4O4S. The van der Waals surface area contributed by atoms with Gasteiger partial charge in [-0.1, -0.05) is 38.1 Å². The standard InChI is InChI=1S/C26H32N4O4S/c1-7-29(8-2)35(33,34)24-16-21(13-12-18(24)4)23-14-15-25(31)30(28-23)20(6)26(32)27-22-11-9-10-17(3)19(22)5/h9-16,20H,7-8H2,1-6H3,(H,27,32)/t20-/m1/s1. The highest BCUT2D eigenvalue weighted by atomic mass is 32.2. The molecule has 0 saturated carbocycles. The molecular weight excluding hydrogens is 464 g/mol. The van der Waals surface area contributed by atoms with E-state index in [1.165, 1.54) is 16.4 Å². The predicted octanol–water partition coefficient (Wildman–Crippen LogP) is 4.07. The van der Waals surface area contributed by atoms with Crippen LogP contribution >= 0.6 is 0 Å². The van der Waals surface area contributed by atoms with Crippen molar-refractivity contribution in [3.63, 3.8) is 0 Å². The lowest BCUT2D eigenvalue weighted by atomic mass is 10.1. The lowest BCUT2D eigenvalue weighted by Crippen LogP contribution is -2.33. The second-order valence-corrected chi connectivity index (χ2v) is 10.4. The first kappa shape index (κ1) is 26.3. The second kappa shape index (κ2) is 10.5. The summed E-state index contributed by atoms with van der Waals surface area (Å²) in [6.45, 7) is 11.5. The summed E-state index contributed by atoms with van der Waals surface area (Å²) in [5.74, 6) is -0.376. The number of amides is 1. The molecule has 35 heavy (non-hydrogen) atoms. The number of hydrogen-bond donors (Lipinski definition) is 1. The number of aryl methyl sites for hydroxylation is 2. The molecule has 0 aliphatic heterocycles. The maximum atomic E-state index is 13.1. The van der Waals surface area contributed by atoms with E-state index >= 15 is 0 Å². The van der Waals surface area contributed by atoms with E-state index in [1.807, 2.05) is 32.0 Å². The normalized spacial score (nSPS) is 12.5. The predicted molar refractivity (Wildman–Crippen MR) is 138 cm³/mol. The summed E-state index contributed by atoms with van der Waals surface area (Å²) in [6.07, 6.45) is 0. The summed E-state index contributed by atoms with van der Waals surface area (Å²) < 4.78 is 28.8. The van der Waals surface area contributed by atoms with Crippen molar-refractivity contribution < 1.29 is 13.2 Å². The molecule has 0 spiro atoms. The van der Waals surface area contributed by atoms with Crippen molar-refractivity contribution in [3.05, 3.63) is 75.6 Å². The van der Waals surface area contributed by atoms with Crippen molar-refractivity contribution in [3.8, 4) is 11.3 Å². The Morgan fingerprint density at radius 2 is 1.71 bits per heavy atom. The topological polar surface area (TPSA) is 101 Å². The highest BCUT2D eigenvalue weighted by Crippen LogP contribution is 2.26. The summed E-state index contributed by atoms with van der Waals surface area (Å²) in [6, 6.07) is 12.7. The van der Waals surface area contributed by atoms with E-state index in [0.29, 0.717) is 35.6 Å². The monoisotopic (exact) mass is 496 g/mol. The van der Waals surface area contributed by atoms with Gasteiger partial charge in [-0.05, 0) is 62.6 Å². The Bertz CT molecular complexity index is 1410. The van der Waals surface area contributed by atoms with Gasteiger partial charge in [0.05, 0.1) is 10.6 Å². The fourth-order valence-corrected chi connectivity index (χ4v) is 5.54. The summed E-state index contributed by atoms with van der Waals surface area (Å²) in [5.41, 5.74) is 3.79. The fourth-order valence-electron chi connectivity index (χ4n) is 3.83. The average Bonchev–Trinajstić information content (AvgIpc) is 2.82. The number of aromatic nitrogens is 2. The van der Waals surface area contributed by atoms with Crippen LogP contribution in [-0.4, -0.2) is 41.5 Å². The van der Waals surface area contributed by atoms with Gasteiger partial charge in [-0.15, -0.1) is 0 Å². The molecule has 0 saturated heterocycles. The van der Waals surface area contributed by atoms with Crippen LogP contribution in [-0.2, 0) is 14.8 Å². The second-order valence-electron chi connectivity index (χ2n) is 8.48. The van der Waals surface area contributed by atoms with Gasteiger partial charge in [0.2, 0.25) is 15.9 Å². The fraction of sp³-hybridized carbons (Fsp3) is 0.346. The Morgan fingerprint density at radius 3 is 2.37 bits per heavy atom. The van der Waals surface area contributed by atoms with Gasteiger partial charge in [-0.3, -0.25) is 9.59 Å². The molecule has 0 unspecified atom stereocenters. The summed E-state index contributed by atoms with van der Waals surface area (Å²) in [4.78, 5) is 25.7. The first-order valence-electron chi connectivity index (χ1n) is 11.6. The van der Waals surface area contributed by atoms with Gasteiger partial charge in [0.15, 0.2) is 0 Å². The van der Waals surface area contributed by atoms with Gasteiger partial charge in [0.1, 0.15) is 6.04 Å². The van der Waals surface area contributed by atoms with E-state index < -0.39 is 21.6 Å². The molecule has 8 nitrogen and oxygen atoms in total. The number of rotatable bonds is 8. The lowest BCUT2D eigenvalue weighted by molar-refractivity contribution is -0.119. The van der Waals surface area contributed by atoms with Crippen molar-refractivity contribution in [1.29, 1.82) is 0 Å². The number of nitrogens with zero attached hydrogens (tertiary/aromatic N) is 3. The smallest absolute Gasteiger partial charge is 0.267 e. The number of hydrogen-bond acceptors (Lipinski definition) is 5. The van der Waals surface area contributed by atoms with Crippen LogP contribution in [0.2, 0.25) is 0 Å². The molecule has 186 valence electrons. The molecule has 3 aromatic rings. The van der Waals surface area contributed by atoms with Gasteiger partial charge in [0, 0.05) is 30.4 Å². The van der Waals surface area contributed by atoms with Crippen LogP contribution in [0.4, 0.5) is 5.69 Å². The lowest BCUT2D eigenvalue weighted by Gasteiger charge is -2.20. The zero-order chi connectivity index (χ0) is 25.9. The minimum Gasteiger partial charge on any atom is -0.324 e. The maximum Gasteiger partial charge on any atom is 0.267 e. The van der Waals surface area contributed by atoms with Crippen LogP contribution in [0.25, 0.3) is 11.3 Å². The van der Waals surface area contributed by atoms with Crippen molar-refractivity contribution >= 4 is 21.6 Å². The van der Waals surface area contributed by atoms with Gasteiger partial charge < -0.3 is 5.32 Å². The molecule has 1 heterocycles. The number of nitrogens with one attached hydrogen (secondary N) is 1. The molecule has 0 fully saturated rings. The summed E-state index contributed by atoms with van der Waals surface area (Å²) in [7, 11) is -3.68. The number of carbonyl (C=O) groups is 1. The van der Waals surface area contributed by atoms with E-state index in [-0.39, 0.29) is 10.8 Å². The van der Waals surface area contributed by atoms with E-state index in [9.17, 15) is 18.0 Å². The summed E-state index contributed by atoms with van der Waals surface area (Å²) >= 11 is 0. The summed E-state index contributed by atoms with van der Waals surface area (Å²) in [5, 5.41) is 7.29. The Morgan fingerprint density at radius 1 is 1.03 bits per heavy atom. The van der Waals surface area contributed by atoms with Gasteiger partial charge in [-0.2, -0.15) is 9.40 Å². The minimum atomic E-state index is -3.68. The van der Waals surface area contributed by atoms with Crippen molar-refractivity contribution in [2.45, 2.75) is 52.5 Å². The molecule has 0 aliphatic rings. The van der Waals surface area contributed by atoms with E-state index in [2.05, 4.69) is 10.4 Å². The van der Waals surface area contributed by atoms with Crippen LogP contribution < -0.4 is 10.9 Å². The van der Waals surface area contributed by atoms with E-state index in [1.54, 1.807) is 45.9 Å². The van der Waals surface area contributed by atoms with Crippen molar-refractivity contribution in [2.24, 2.45) is 0 Å². The third kappa shape index (κ3) is 5.36. The van der Waals surface area contributed by atoms with Gasteiger partial charge >= 0.3 is 0 Å². The van der Waals surface area contributed by atoms with E-state index in [0.717, 1.165) is 15.8 Å². The molecule has 1 atom stereocenters. The maximum absolute atomic E-state index is 13.1. The molecule has 9 heteroatoms. The Labute approximate surface area is 206 Å². The molecule has 0 radical (unpaired) electrons. The van der Waals surface area contributed by atoms with Crippen LogP contribution in [0.1, 0.15) is 43.5 Å². The zero-order valence-corrected chi connectivity index (χ0v) is 21.8. The number of carbonyl (C=O) groups excluding carboxylic acids is 1. The van der Waals surface area contributed by atoms with Crippen LogP contribution in [0.15, 0.2) is 58.2 Å². The molecule has 0 aliphatic carbocycles. The molecule has 0 bridgehead atoms. The van der Waals surface area contributed by atoms with Gasteiger partial charge in [0.25, 0.3) is 5.56 Å². The van der Waals surface area contributed by atoms with E-state index in [4.69, 9.17) is 0 Å². The third-order valence-corrected chi connectivity index (χ3v) is 8.43. The average molecular weight is 497 g/mol. The Hall–Kier alpha value is -3.30. The first-order chi connectivity index (χ1) is 16.5. The third-order valence-electron chi connectivity index (χ3n) is 6.24. The Balaban J connectivity index is 1.98. The quantitative estimate of drug-likeness (QED) is 0.507. The molecule has 1 aromatic heterocycles. The largest absolute Gasteiger partial charge is 0.324 e. The molecule has 1 amide bonds. The van der Waals surface area contributed by atoms with Crippen LogP contribution in [0, 0.1) is 20.8 Å². The highest BCUT2D eigenvalue weighted by Gasteiger charge is 2.25. The minimum absolute atomic E-state index is 0.193. The molecule has 2 aromatic carbocycles. The SMILES string of the molecule is CCN(CC)S(=O)(=O)c1cc(-c2ccc(=O)n([C@H](C)C(=O)Nc3cccc(C)c3C)n2)ccc1C. The number of anilines is 1. The number of benzene rings is 2. The van der Waals surface area contributed by atoms with Crippen molar-refractivity contribution in [2.75, 3.05) is 18.4 Å². The van der Waals surface area contributed by atoms with Crippen molar-refractivity contribution in [1.82, 2.24) is 14.1 Å². The first-order valence-corrected chi connectivity index (χ1v) is 13.0. The van der Waals surface area contributed by atoms with Gasteiger partial charge in [-0.25, -0.2) is 13.1 Å². The number of sulfonamides is 1. The van der Waals surface area contributed by atoms with Crippen LogP contribution in [0.3, 0.4) is 0 Å². The zero-order valence-electron chi connectivity index (χ0n) is 21.0. The Kier molecular flexibility index (Phi) is 7.92. The van der Waals surface area contributed by atoms with Crippen LogP contribution in [0.5, 0.6) is 0 Å². The highest BCUT2D eigenvalue weighted by molar-refractivity contribution is 7.89. The molecule has 1 N–H and O–H groups in total.